The van der Waals surface area contributed by atoms with Crippen molar-refractivity contribution in [2.75, 3.05) is 11.5 Å². The van der Waals surface area contributed by atoms with Gasteiger partial charge in [-0.3, -0.25) is 9.98 Å². The van der Waals surface area contributed by atoms with Crippen molar-refractivity contribution in [1.82, 2.24) is 9.97 Å². The fraction of sp³-hybridized carbons (Fsp3) is 0.370. The molecular formula is C46H50N4O2Pt. The van der Waals surface area contributed by atoms with Gasteiger partial charge in [0.15, 0.2) is 0 Å². The molecule has 0 saturated heterocycles. The maximum Gasteiger partial charge on any atom is 2.00 e. The summed E-state index contributed by atoms with van der Waals surface area (Å²) >= 11 is 0. The first-order chi connectivity index (χ1) is 25.0. The summed E-state index contributed by atoms with van der Waals surface area (Å²) < 4.78 is 13.0. The molecule has 0 saturated carbocycles. The first kappa shape index (κ1) is 38.4. The van der Waals surface area contributed by atoms with Gasteiger partial charge >= 0.3 is 21.1 Å². The number of ether oxygens (including phenoxy) is 2. The van der Waals surface area contributed by atoms with Gasteiger partial charge in [-0.1, -0.05) is 121 Å². The Bertz CT molecular complexity index is 2100. The quantitative estimate of drug-likeness (QED) is 0.131. The Morgan fingerprint density at radius 3 is 2.36 bits per heavy atom. The van der Waals surface area contributed by atoms with Crippen LogP contribution in [0.4, 0.5) is 17.2 Å². The van der Waals surface area contributed by atoms with Gasteiger partial charge in [0.25, 0.3) is 0 Å². The molecule has 2 aliphatic rings. The second kappa shape index (κ2) is 15.6. The maximum absolute atomic E-state index is 6.69. The molecule has 3 aromatic carbocycles. The number of rotatable bonds is 10. The summed E-state index contributed by atoms with van der Waals surface area (Å²) in [5.74, 6) is 3.16. The maximum atomic E-state index is 6.69. The van der Waals surface area contributed by atoms with E-state index >= 15 is 0 Å². The van der Waals surface area contributed by atoms with E-state index in [2.05, 4.69) is 114 Å². The van der Waals surface area contributed by atoms with E-state index in [-0.39, 0.29) is 37.9 Å². The molecule has 0 radical (unpaired) electrons. The first-order valence-electron chi connectivity index (χ1n) is 18.8. The van der Waals surface area contributed by atoms with Crippen molar-refractivity contribution in [3.05, 3.63) is 125 Å². The Morgan fingerprint density at radius 1 is 0.887 bits per heavy atom. The van der Waals surface area contributed by atoms with E-state index in [1.807, 2.05) is 42.6 Å². The summed E-state index contributed by atoms with van der Waals surface area (Å²) in [6, 6.07) is 32.5. The van der Waals surface area contributed by atoms with Crippen molar-refractivity contribution in [1.29, 1.82) is 0 Å². The molecule has 0 bridgehead atoms. The second-order valence-electron chi connectivity index (χ2n) is 15.8. The molecule has 1 atom stereocenters. The van der Waals surface area contributed by atoms with Gasteiger partial charge in [-0.05, 0) is 59.6 Å². The van der Waals surface area contributed by atoms with Gasteiger partial charge in [0.1, 0.15) is 11.7 Å². The van der Waals surface area contributed by atoms with Crippen LogP contribution in [-0.2, 0) is 36.6 Å². The van der Waals surface area contributed by atoms with Crippen molar-refractivity contribution in [3.63, 3.8) is 0 Å². The Labute approximate surface area is 330 Å². The molecule has 0 fully saturated rings. The van der Waals surface area contributed by atoms with E-state index < -0.39 is 0 Å². The van der Waals surface area contributed by atoms with Crippen LogP contribution in [0.3, 0.4) is 0 Å². The molecule has 276 valence electrons. The summed E-state index contributed by atoms with van der Waals surface area (Å²) in [5.41, 5.74) is 9.02. The van der Waals surface area contributed by atoms with Gasteiger partial charge in [-0.25, -0.2) is 4.98 Å². The molecular weight excluding hydrogens is 836 g/mol. The Kier molecular flexibility index (Phi) is 11.3. The largest absolute Gasteiger partial charge is 2.00 e. The second-order valence-corrected chi connectivity index (χ2v) is 15.8. The molecule has 0 N–H and O–H groups in total. The van der Waals surface area contributed by atoms with Gasteiger partial charge in [0, 0.05) is 40.6 Å². The smallest absolute Gasteiger partial charge is 0.518 e. The van der Waals surface area contributed by atoms with E-state index in [9.17, 15) is 0 Å². The van der Waals surface area contributed by atoms with Gasteiger partial charge < -0.3 is 14.4 Å². The van der Waals surface area contributed by atoms with Crippen molar-refractivity contribution < 1.29 is 30.5 Å². The molecule has 7 rings (SSSR count). The van der Waals surface area contributed by atoms with E-state index in [4.69, 9.17) is 19.5 Å². The minimum Gasteiger partial charge on any atom is -0.518 e. The van der Waals surface area contributed by atoms with Crippen LogP contribution in [0.5, 0.6) is 11.5 Å². The van der Waals surface area contributed by atoms with Crippen LogP contribution in [0.15, 0.2) is 90.2 Å². The van der Waals surface area contributed by atoms with E-state index in [1.54, 1.807) is 6.20 Å². The zero-order valence-electron chi connectivity index (χ0n) is 32.2. The zero-order chi connectivity index (χ0) is 36.6. The number of pyridine rings is 2. The molecule has 5 aromatic rings. The van der Waals surface area contributed by atoms with Gasteiger partial charge in [0.2, 0.25) is 0 Å². The van der Waals surface area contributed by atoms with Gasteiger partial charge in [0.05, 0.1) is 18.3 Å². The topological polar surface area (TPSA) is 59.8 Å². The zero-order valence-corrected chi connectivity index (χ0v) is 34.5. The van der Waals surface area contributed by atoms with E-state index in [1.165, 1.54) is 16.7 Å². The number of hydrogen-bond acceptors (Lipinski definition) is 6. The molecule has 0 amide bonds. The van der Waals surface area contributed by atoms with Crippen LogP contribution in [0.25, 0.3) is 11.3 Å². The number of anilines is 3. The number of aryl methyl sites for hydroxylation is 1. The fourth-order valence-corrected chi connectivity index (χ4v) is 7.66. The number of hydrogen-bond donors (Lipinski definition) is 0. The van der Waals surface area contributed by atoms with Gasteiger partial charge in [-0.15, -0.1) is 24.3 Å². The van der Waals surface area contributed by atoms with Crippen molar-refractivity contribution >= 4 is 23.1 Å². The normalized spacial score (nSPS) is 16.0. The third-order valence-corrected chi connectivity index (χ3v) is 10.5. The third-order valence-electron chi connectivity index (χ3n) is 10.5. The minimum absolute atomic E-state index is 0. The summed E-state index contributed by atoms with van der Waals surface area (Å²) in [6.45, 7) is 18.5. The SMILES string of the molecule is CCCC(CCC)[C@@H]1COC(c2[c-]c(Oc3[c-]c(N4c5ccc(C(C)(C)C)cc5C(C)(C)c5cccnc54)cc(C)c3)cc(-c3ccccn3)c2)=N1.[Pt+2]. The predicted molar refractivity (Wildman–Crippen MR) is 211 cm³/mol. The minimum atomic E-state index is -0.242. The third kappa shape index (κ3) is 7.85. The van der Waals surface area contributed by atoms with Crippen LogP contribution in [0.2, 0.25) is 0 Å². The summed E-state index contributed by atoms with van der Waals surface area (Å²) in [7, 11) is 0. The molecule has 0 aliphatic carbocycles. The first-order valence-corrected chi connectivity index (χ1v) is 18.8. The number of benzene rings is 3. The Morgan fingerprint density at radius 2 is 1.64 bits per heavy atom. The van der Waals surface area contributed by atoms with Crippen molar-refractivity contribution in [2.45, 2.75) is 97.9 Å². The standard InChI is InChI=1S/C46H50N4O2.Pt/c1-9-14-31(15-10-2)41-29-51-44(49-41)33-24-32(40-17-11-12-20-47-40)25-37(26-33)52-36-23-30(3)22-35(28-36)50-42-19-18-34(45(4,5)6)27-39(42)46(7,8)38-16-13-21-48-43(38)50;/h11-13,16-25,27,31,41H,9-10,14-15,29H2,1-8H3;/q-2;+2/t41-;/m0./s1. The average Bonchev–Trinajstić information content (AvgIpc) is 3.62. The summed E-state index contributed by atoms with van der Waals surface area (Å²) in [6.07, 6.45) is 8.25. The monoisotopic (exact) mass is 885 g/mol. The summed E-state index contributed by atoms with van der Waals surface area (Å²) in [5, 5.41) is 0. The number of nitrogens with zero attached hydrogens (tertiary/aromatic N) is 4. The number of aromatic nitrogens is 2. The number of aliphatic imine (C=N–C) groups is 1. The van der Waals surface area contributed by atoms with E-state index in [0.717, 1.165) is 65.3 Å². The molecule has 0 unspecified atom stereocenters. The predicted octanol–water partition coefficient (Wildman–Crippen LogP) is 11.6. The van der Waals surface area contributed by atoms with Gasteiger partial charge in [-0.2, -0.15) is 5.56 Å². The molecule has 2 aromatic heterocycles. The van der Waals surface area contributed by atoms with Crippen LogP contribution < -0.4 is 9.64 Å². The molecule has 2 aliphatic heterocycles. The van der Waals surface area contributed by atoms with Crippen LogP contribution in [0, 0.1) is 25.0 Å². The summed E-state index contributed by atoms with van der Waals surface area (Å²) in [4.78, 5) is 16.9. The molecule has 7 heteroatoms. The number of fused-ring (bicyclic) bond motifs is 2. The Balaban J connectivity index is 0.00000481. The van der Waals surface area contributed by atoms with Crippen molar-refractivity contribution in [3.8, 4) is 22.8 Å². The van der Waals surface area contributed by atoms with E-state index in [0.29, 0.717) is 29.9 Å². The van der Waals surface area contributed by atoms with Crippen molar-refractivity contribution in [2.24, 2.45) is 10.9 Å². The Hall–Kier alpha value is -4.28. The molecule has 4 heterocycles. The molecule has 53 heavy (non-hydrogen) atoms. The van der Waals surface area contributed by atoms with Crippen LogP contribution in [0.1, 0.15) is 102 Å². The fourth-order valence-electron chi connectivity index (χ4n) is 7.66. The molecule has 0 spiro atoms. The average molecular weight is 886 g/mol. The van der Waals surface area contributed by atoms with Crippen LogP contribution in [-0.4, -0.2) is 28.5 Å². The van der Waals surface area contributed by atoms with Crippen LogP contribution >= 0.6 is 0 Å². The molecule has 6 nitrogen and oxygen atoms in total.